The van der Waals surface area contributed by atoms with Crippen molar-refractivity contribution in [3.05, 3.63) is 100 Å². The van der Waals surface area contributed by atoms with Crippen LogP contribution < -0.4 is 22.1 Å². The standard InChI is InChI=1S/C24H22ClF4N5O/c25-17-10-18(26)12-19(11-17)32-23(33-21(31)13-20(30)14-4-2-1-3-5-14)34-22(35)15-6-8-16(9-7-15)24(27,28)29/h1-12,20-21H,13,30-31H2,(H2,32,33,34,35). The van der Waals surface area contributed by atoms with E-state index >= 15 is 0 Å². The van der Waals surface area contributed by atoms with E-state index in [-0.39, 0.29) is 28.7 Å². The zero-order chi connectivity index (χ0) is 25.6. The second kappa shape index (κ2) is 11.3. The highest BCUT2D eigenvalue weighted by molar-refractivity contribution is 6.31. The molecule has 0 radical (unpaired) electrons. The number of nitrogens with two attached hydrogens (primary N) is 2. The largest absolute Gasteiger partial charge is 0.416 e. The predicted molar refractivity (Wildman–Crippen MR) is 127 cm³/mol. The third-order valence-corrected chi connectivity index (χ3v) is 5.07. The molecule has 3 rings (SSSR count). The summed E-state index contributed by atoms with van der Waals surface area (Å²) in [4.78, 5) is 16.6. The van der Waals surface area contributed by atoms with Gasteiger partial charge in [0.2, 0.25) is 5.96 Å². The number of benzene rings is 3. The van der Waals surface area contributed by atoms with Crippen LogP contribution in [0, 0.1) is 5.82 Å². The van der Waals surface area contributed by atoms with Crippen molar-refractivity contribution in [1.29, 1.82) is 0 Å². The van der Waals surface area contributed by atoms with Crippen LogP contribution in [0.4, 0.5) is 23.2 Å². The molecule has 6 nitrogen and oxygen atoms in total. The summed E-state index contributed by atoms with van der Waals surface area (Å²) in [6.45, 7) is 0. The van der Waals surface area contributed by atoms with Crippen LogP contribution >= 0.6 is 11.6 Å². The highest BCUT2D eigenvalue weighted by Gasteiger charge is 2.30. The SMILES string of the molecule is NC(CC(N)c1ccccc1)N/C(=N\C(=O)c1ccc(C(F)(F)F)cc1)Nc1cc(F)cc(Cl)c1. The molecular weight excluding hydrogens is 486 g/mol. The molecule has 6 N–H and O–H groups in total. The summed E-state index contributed by atoms with van der Waals surface area (Å²) in [5, 5.41) is 5.64. The summed E-state index contributed by atoms with van der Waals surface area (Å²) in [5.41, 5.74) is 12.4. The molecule has 2 atom stereocenters. The zero-order valence-corrected chi connectivity index (χ0v) is 18.9. The van der Waals surface area contributed by atoms with Gasteiger partial charge in [-0.15, -0.1) is 0 Å². The Morgan fingerprint density at radius 1 is 1.00 bits per heavy atom. The van der Waals surface area contributed by atoms with E-state index in [0.717, 1.165) is 42.0 Å². The first-order valence-corrected chi connectivity index (χ1v) is 10.7. The fourth-order valence-corrected chi connectivity index (χ4v) is 3.39. The number of guanidine groups is 1. The molecule has 0 aromatic heterocycles. The van der Waals surface area contributed by atoms with Crippen molar-refractivity contribution >= 4 is 29.2 Å². The molecule has 0 heterocycles. The van der Waals surface area contributed by atoms with Gasteiger partial charge in [-0.3, -0.25) is 4.79 Å². The molecule has 3 aromatic carbocycles. The monoisotopic (exact) mass is 507 g/mol. The van der Waals surface area contributed by atoms with E-state index in [9.17, 15) is 22.4 Å². The Balaban J connectivity index is 1.82. The first-order chi connectivity index (χ1) is 16.5. The van der Waals surface area contributed by atoms with Gasteiger partial charge in [0.25, 0.3) is 5.91 Å². The van der Waals surface area contributed by atoms with Gasteiger partial charge < -0.3 is 22.1 Å². The maximum absolute atomic E-state index is 13.8. The van der Waals surface area contributed by atoms with Crippen LogP contribution in [-0.4, -0.2) is 18.0 Å². The molecule has 35 heavy (non-hydrogen) atoms. The fraction of sp³-hybridized carbons (Fsp3) is 0.167. The number of nitrogens with one attached hydrogen (secondary N) is 2. The van der Waals surface area contributed by atoms with E-state index in [2.05, 4.69) is 15.6 Å². The minimum Gasteiger partial charge on any atom is -0.341 e. The zero-order valence-electron chi connectivity index (χ0n) is 18.2. The van der Waals surface area contributed by atoms with Crippen molar-refractivity contribution < 1.29 is 22.4 Å². The number of anilines is 1. The molecule has 0 saturated heterocycles. The molecule has 1 amide bonds. The van der Waals surface area contributed by atoms with Gasteiger partial charge in [0.05, 0.1) is 11.7 Å². The summed E-state index contributed by atoms with van der Waals surface area (Å²) < 4.78 is 52.2. The topological polar surface area (TPSA) is 106 Å². The van der Waals surface area contributed by atoms with Crippen LogP contribution in [-0.2, 0) is 6.18 Å². The number of hydrogen-bond donors (Lipinski definition) is 4. The van der Waals surface area contributed by atoms with Crippen molar-refractivity contribution in [1.82, 2.24) is 5.32 Å². The highest BCUT2D eigenvalue weighted by Crippen LogP contribution is 2.29. The third kappa shape index (κ3) is 7.78. The summed E-state index contributed by atoms with van der Waals surface area (Å²) in [6.07, 6.45) is -5.09. The molecule has 3 aromatic rings. The molecule has 0 bridgehead atoms. The van der Waals surface area contributed by atoms with E-state index in [0.29, 0.717) is 0 Å². The molecule has 0 aliphatic carbocycles. The van der Waals surface area contributed by atoms with Crippen LogP contribution in [0.15, 0.2) is 77.8 Å². The number of rotatable bonds is 6. The highest BCUT2D eigenvalue weighted by atomic mass is 35.5. The Labute approximate surface area is 204 Å². The van der Waals surface area contributed by atoms with Gasteiger partial charge in [0, 0.05) is 22.3 Å². The summed E-state index contributed by atoms with van der Waals surface area (Å²) in [7, 11) is 0. The van der Waals surface area contributed by atoms with Gasteiger partial charge in [-0.2, -0.15) is 18.2 Å². The molecule has 0 aliphatic heterocycles. The Bertz CT molecular complexity index is 1170. The summed E-state index contributed by atoms with van der Waals surface area (Å²) >= 11 is 5.89. The molecule has 0 fully saturated rings. The van der Waals surface area contributed by atoms with Gasteiger partial charge in [-0.25, -0.2) is 4.39 Å². The lowest BCUT2D eigenvalue weighted by atomic mass is 10.0. The fourth-order valence-electron chi connectivity index (χ4n) is 3.17. The van der Waals surface area contributed by atoms with Crippen LogP contribution in [0.25, 0.3) is 0 Å². The van der Waals surface area contributed by atoms with Crippen molar-refractivity contribution in [2.45, 2.75) is 24.8 Å². The van der Waals surface area contributed by atoms with Crippen molar-refractivity contribution in [3.63, 3.8) is 0 Å². The van der Waals surface area contributed by atoms with Crippen LogP contribution in [0.5, 0.6) is 0 Å². The molecule has 0 spiro atoms. The molecule has 11 heteroatoms. The van der Waals surface area contributed by atoms with Crippen LogP contribution in [0.2, 0.25) is 5.02 Å². The minimum absolute atomic E-state index is 0.0917. The quantitative estimate of drug-likeness (QED) is 0.161. The second-order valence-corrected chi connectivity index (χ2v) is 8.06. The Morgan fingerprint density at radius 2 is 1.66 bits per heavy atom. The maximum Gasteiger partial charge on any atom is 0.416 e. The average Bonchev–Trinajstić information content (AvgIpc) is 2.78. The molecule has 2 unspecified atom stereocenters. The van der Waals surface area contributed by atoms with E-state index < -0.39 is 35.7 Å². The third-order valence-electron chi connectivity index (χ3n) is 4.86. The Kier molecular flexibility index (Phi) is 8.44. The van der Waals surface area contributed by atoms with Gasteiger partial charge in [0.1, 0.15) is 5.82 Å². The number of nitrogens with zero attached hydrogens (tertiary/aromatic N) is 1. The van der Waals surface area contributed by atoms with Crippen LogP contribution in [0.3, 0.4) is 0 Å². The van der Waals surface area contributed by atoms with Gasteiger partial charge >= 0.3 is 6.18 Å². The molecule has 184 valence electrons. The number of halogens is 5. The van der Waals surface area contributed by atoms with Gasteiger partial charge in [0.15, 0.2) is 0 Å². The van der Waals surface area contributed by atoms with Crippen molar-refractivity contribution in [2.75, 3.05) is 5.32 Å². The number of hydrogen-bond acceptors (Lipinski definition) is 3. The van der Waals surface area contributed by atoms with Crippen molar-refractivity contribution in [3.8, 4) is 0 Å². The summed E-state index contributed by atoms with van der Waals surface area (Å²) in [6, 6.07) is 15.9. The van der Waals surface area contributed by atoms with Crippen LogP contribution in [0.1, 0.15) is 33.9 Å². The predicted octanol–water partition coefficient (Wildman–Crippen LogP) is 5.07. The lowest BCUT2D eigenvalue weighted by molar-refractivity contribution is -0.137. The molecule has 0 saturated carbocycles. The van der Waals surface area contributed by atoms with E-state index in [1.165, 1.54) is 6.07 Å². The lowest BCUT2D eigenvalue weighted by Crippen LogP contribution is -2.46. The number of amides is 1. The number of aliphatic imine (C=N–C) groups is 1. The van der Waals surface area contributed by atoms with E-state index in [1.54, 1.807) is 0 Å². The van der Waals surface area contributed by atoms with Gasteiger partial charge in [-0.05, 0) is 54.4 Å². The molecular formula is C24H22ClF4N5O. The second-order valence-electron chi connectivity index (χ2n) is 7.63. The first-order valence-electron chi connectivity index (χ1n) is 10.4. The lowest BCUT2D eigenvalue weighted by Gasteiger charge is -2.21. The summed E-state index contributed by atoms with van der Waals surface area (Å²) in [5.74, 6) is -1.65. The molecule has 0 aliphatic rings. The number of carbonyl (C=O) groups excluding carboxylic acids is 1. The Morgan fingerprint density at radius 3 is 2.26 bits per heavy atom. The van der Waals surface area contributed by atoms with E-state index in [4.69, 9.17) is 23.1 Å². The average molecular weight is 508 g/mol. The van der Waals surface area contributed by atoms with Gasteiger partial charge in [-0.1, -0.05) is 41.9 Å². The smallest absolute Gasteiger partial charge is 0.341 e. The normalized spacial score (nSPS) is 13.7. The van der Waals surface area contributed by atoms with E-state index in [1.807, 2.05) is 30.3 Å². The number of carbonyl (C=O) groups is 1. The first kappa shape index (κ1) is 26.1. The maximum atomic E-state index is 13.8. The van der Waals surface area contributed by atoms with Crippen molar-refractivity contribution in [2.24, 2.45) is 16.5 Å². The minimum atomic E-state index is -4.54. The number of alkyl halides is 3. The Hall–Kier alpha value is -3.47.